The molecule has 8 heteroatoms. The molecule has 0 bridgehead atoms. The number of hydrogen-bond donors (Lipinski definition) is 3. The van der Waals surface area contributed by atoms with Gasteiger partial charge < -0.3 is 15.8 Å². The summed E-state index contributed by atoms with van der Waals surface area (Å²) in [6, 6.07) is 3.53. The molecule has 0 aliphatic carbocycles. The van der Waals surface area contributed by atoms with E-state index >= 15 is 0 Å². The third kappa shape index (κ3) is 3.80. The number of ether oxygens (including phenoxy) is 1. The van der Waals surface area contributed by atoms with Crippen LogP contribution < -0.4 is 15.8 Å². The van der Waals surface area contributed by atoms with Crippen LogP contribution in [-0.4, -0.2) is 32.2 Å². The van der Waals surface area contributed by atoms with E-state index in [2.05, 4.69) is 44.8 Å². The molecule has 2 aromatic heterocycles. The van der Waals surface area contributed by atoms with Crippen LogP contribution in [0.3, 0.4) is 0 Å². The van der Waals surface area contributed by atoms with Gasteiger partial charge in [-0.05, 0) is 18.1 Å². The number of tetrazole rings is 1. The number of nitrogens with zero attached hydrogens (tertiary/aromatic N) is 4. The minimum absolute atomic E-state index is 0.414. The molecule has 0 saturated heterocycles. The zero-order valence-corrected chi connectivity index (χ0v) is 10.9. The Balaban J connectivity index is 1.99. The normalized spacial score (nSPS) is 10.7. The fourth-order valence-corrected chi connectivity index (χ4v) is 1.34. The first-order valence-electron chi connectivity index (χ1n) is 6.00. The largest absolute Gasteiger partial charge is 0.476 e. The summed E-state index contributed by atoms with van der Waals surface area (Å²) in [5, 5.41) is 16.6. The van der Waals surface area contributed by atoms with Crippen molar-refractivity contribution in [3.05, 3.63) is 18.0 Å². The van der Waals surface area contributed by atoms with Crippen LogP contribution in [0, 0.1) is 5.92 Å². The van der Waals surface area contributed by atoms with Gasteiger partial charge >= 0.3 is 0 Å². The highest BCUT2D eigenvalue weighted by molar-refractivity contribution is 5.53. The molecule has 0 fully saturated rings. The van der Waals surface area contributed by atoms with Gasteiger partial charge in [-0.25, -0.2) is 0 Å². The summed E-state index contributed by atoms with van der Waals surface area (Å²) in [4.78, 5) is 4.30. The lowest BCUT2D eigenvalue weighted by atomic mass is 10.2. The van der Waals surface area contributed by atoms with E-state index in [-0.39, 0.29) is 0 Å². The van der Waals surface area contributed by atoms with Crippen molar-refractivity contribution in [1.82, 2.24) is 25.6 Å². The van der Waals surface area contributed by atoms with Crippen molar-refractivity contribution in [3.63, 3.8) is 0 Å². The zero-order valence-electron chi connectivity index (χ0n) is 10.9. The van der Waals surface area contributed by atoms with Gasteiger partial charge in [0.15, 0.2) is 5.82 Å². The number of aromatic nitrogens is 5. The molecule has 0 atom stereocenters. The summed E-state index contributed by atoms with van der Waals surface area (Å²) < 4.78 is 5.55. The van der Waals surface area contributed by atoms with Crippen molar-refractivity contribution >= 4 is 11.5 Å². The molecule has 2 heterocycles. The van der Waals surface area contributed by atoms with E-state index in [9.17, 15) is 0 Å². The summed E-state index contributed by atoms with van der Waals surface area (Å²) in [6.45, 7) is 5.13. The SMILES string of the molecule is CC(C)COc1nc(NCc2nn[nH]n2)ccc1N. The number of anilines is 2. The Kier molecular flexibility index (Phi) is 4.11. The third-order valence-corrected chi connectivity index (χ3v) is 2.26. The predicted octanol–water partition coefficient (Wildman–Crippen LogP) is 0.824. The van der Waals surface area contributed by atoms with Crippen molar-refractivity contribution in [2.75, 3.05) is 17.7 Å². The van der Waals surface area contributed by atoms with Gasteiger partial charge in [0, 0.05) is 0 Å². The topological polar surface area (TPSA) is 115 Å². The van der Waals surface area contributed by atoms with E-state index in [1.165, 1.54) is 0 Å². The molecule has 2 rings (SSSR count). The molecule has 0 aliphatic rings. The molecule has 19 heavy (non-hydrogen) atoms. The minimum Gasteiger partial charge on any atom is -0.476 e. The highest BCUT2D eigenvalue weighted by Gasteiger charge is 2.06. The Labute approximate surface area is 110 Å². The second kappa shape index (κ2) is 5.98. The number of pyridine rings is 1. The highest BCUT2D eigenvalue weighted by atomic mass is 16.5. The van der Waals surface area contributed by atoms with Crippen molar-refractivity contribution in [2.45, 2.75) is 20.4 Å². The van der Waals surface area contributed by atoms with Crippen molar-refractivity contribution in [3.8, 4) is 5.88 Å². The maximum Gasteiger partial charge on any atom is 0.239 e. The molecule has 0 amide bonds. The molecule has 8 nitrogen and oxygen atoms in total. The maximum absolute atomic E-state index is 5.81. The zero-order chi connectivity index (χ0) is 13.7. The van der Waals surface area contributed by atoms with E-state index in [4.69, 9.17) is 10.5 Å². The van der Waals surface area contributed by atoms with Gasteiger partial charge in [-0.3, -0.25) is 0 Å². The number of rotatable bonds is 6. The molecular formula is C11H17N7O. The fraction of sp³-hybridized carbons (Fsp3) is 0.455. The molecule has 102 valence electrons. The van der Waals surface area contributed by atoms with Gasteiger partial charge in [0.05, 0.1) is 18.8 Å². The Bertz CT molecular complexity index is 512. The number of nitrogens with two attached hydrogens (primary N) is 1. The van der Waals surface area contributed by atoms with Gasteiger partial charge in [0.2, 0.25) is 5.88 Å². The average molecular weight is 263 g/mol. The smallest absolute Gasteiger partial charge is 0.239 e. The lowest BCUT2D eigenvalue weighted by Gasteiger charge is -2.11. The Morgan fingerprint density at radius 3 is 2.95 bits per heavy atom. The molecule has 2 aromatic rings. The summed E-state index contributed by atoms with van der Waals surface area (Å²) in [7, 11) is 0. The molecule has 4 N–H and O–H groups in total. The van der Waals surface area contributed by atoms with E-state index in [0.717, 1.165) is 0 Å². The monoisotopic (exact) mass is 263 g/mol. The number of nitrogen functional groups attached to an aromatic ring is 1. The second-order valence-electron chi connectivity index (χ2n) is 4.48. The van der Waals surface area contributed by atoms with E-state index in [0.29, 0.717) is 42.3 Å². The Morgan fingerprint density at radius 1 is 1.42 bits per heavy atom. The summed E-state index contributed by atoms with van der Waals surface area (Å²) in [5.74, 6) is 2.06. The lowest BCUT2D eigenvalue weighted by Crippen LogP contribution is -2.09. The minimum atomic E-state index is 0.414. The molecule has 0 unspecified atom stereocenters. The van der Waals surface area contributed by atoms with E-state index < -0.39 is 0 Å². The first-order valence-corrected chi connectivity index (χ1v) is 6.00. The number of aromatic amines is 1. The Morgan fingerprint density at radius 2 is 2.26 bits per heavy atom. The van der Waals surface area contributed by atoms with Crippen LogP contribution in [0.25, 0.3) is 0 Å². The quantitative estimate of drug-likeness (QED) is 0.706. The molecule has 0 radical (unpaired) electrons. The standard InChI is InChI=1S/C11H17N7O/c1-7(2)6-19-11-8(12)3-4-9(14-11)13-5-10-15-17-18-16-10/h3-4,7H,5-6,12H2,1-2H3,(H,13,14)(H,15,16,17,18). The van der Waals surface area contributed by atoms with E-state index in [1.54, 1.807) is 12.1 Å². The Hall–Kier alpha value is -2.38. The number of nitrogens with one attached hydrogen (secondary N) is 2. The van der Waals surface area contributed by atoms with Crippen LogP contribution in [-0.2, 0) is 6.54 Å². The van der Waals surface area contributed by atoms with Crippen molar-refractivity contribution in [2.24, 2.45) is 5.92 Å². The van der Waals surface area contributed by atoms with Crippen LogP contribution in [0.15, 0.2) is 12.1 Å². The average Bonchev–Trinajstić information content (AvgIpc) is 2.89. The van der Waals surface area contributed by atoms with Crippen LogP contribution in [0.2, 0.25) is 0 Å². The molecule has 0 aromatic carbocycles. The number of hydrogen-bond acceptors (Lipinski definition) is 7. The second-order valence-corrected chi connectivity index (χ2v) is 4.48. The van der Waals surface area contributed by atoms with Crippen LogP contribution in [0.4, 0.5) is 11.5 Å². The first-order chi connectivity index (χ1) is 9.15. The highest BCUT2D eigenvalue weighted by Crippen LogP contribution is 2.21. The number of H-pyrrole nitrogens is 1. The lowest BCUT2D eigenvalue weighted by molar-refractivity contribution is 0.263. The van der Waals surface area contributed by atoms with Gasteiger partial charge in [-0.1, -0.05) is 19.1 Å². The molecule has 0 aliphatic heterocycles. The maximum atomic E-state index is 5.81. The van der Waals surface area contributed by atoms with Gasteiger partial charge in [-0.2, -0.15) is 10.2 Å². The third-order valence-electron chi connectivity index (χ3n) is 2.26. The van der Waals surface area contributed by atoms with Crippen LogP contribution in [0.5, 0.6) is 5.88 Å². The molecule has 0 saturated carbocycles. The summed E-state index contributed by atoms with van der Waals surface area (Å²) in [6.07, 6.45) is 0. The summed E-state index contributed by atoms with van der Waals surface area (Å²) >= 11 is 0. The van der Waals surface area contributed by atoms with Gasteiger partial charge in [0.1, 0.15) is 5.82 Å². The van der Waals surface area contributed by atoms with E-state index in [1.807, 2.05) is 0 Å². The molecular weight excluding hydrogens is 246 g/mol. The van der Waals surface area contributed by atoms with Gasteiger partial charge in [0.25, 0.3) is 0 Å². The first kappa shape index (κ1) is 13.1. The molecule has 0 spiro atoms. The summed E-state index contributed by atoms with van der Waals surface area (Å²) in [5.41, 5.74) is 6.33. The van der Waals surface area contributed by atoms with Gasteiger partial charge in [-0.15, -0.1) is 10.2 Å². The van der Waals surface area contributed by atoms with Crippen molar-refractivity contribution < 1.29 is 4.74 Å². The predicted molar refractivity (Wildman–Crippen MR) is 70.5 cm³/mol. The van der Waals surface area contributed by atoms with Crippen LogP contribution >= 0.6 is 0 Å². The van der Waals surface area contributed by atoms with Crippen LogP contribution in [0.1, 0.15) is 19.7 Å². The van der Waals surface area contributed by atoms with Crippen molar-refractivity contribution in [1.29, 1.82) is 0 Å². The fourth-order valence-electron chi connectivity index (χ4n) is 1.34.